The van der Waals surface area contributed by atoms with E-state index in [1.807, 2.05) is 0 Å². The number of rotatable bonds is 0. The average molecular weight is 169 g/mol. The minimum absolute atomic E-state index is 0. The molecule has 7 heavy (non-hydrogen) atoms. The van der Waals surface area contributed by atoms with Gasteiger partial charge in [0.25, 0.3) is 10.1 Å². The van der Waals surface area contributed by atoms with Crippen molar-refractivity contribution in [2.45, 2.75) is 0 Å². The average Bonchev–Trinajstić information content (AvgIpc) is 0.722. The van der Waals surface area contributed by atoms with Crippen molar-refractivity contribution in [2.24, 2.45) is 0 Å². The molecule has 0 spiro atoms. The van der Waals surface area contributed by atoms with Crippen LogP contribution in [0.1, 0.15) is 0 Å². The highest BCUT2D eigenvalue weighted by Gasteiger charge is 1.81. The molecule has 0 fully saturated rings. The fourth-order valence-electron chi connectivity index (χ4n) is 0. The third kappa shape index (κ3) is 545. The van der Waals surface area contributed by atoms with Crippen molar-refractivity contribution in [2.75, 3.05) is 6.26 Å². The minimum Gasteiger partial charge on any atom is -0.286 e. The molecule has 0 aliphatic carbocycles. The molecule has 0 aliphatic heterocycles. The topological polar surface area (TPSA) is 54.4 Å². The highest BCUT2D eigenvalue weighted by molar-refractivity contribution is 7.85. The van der Waals surface area contributed by atoms with Crippen LogP contribution in [0.4, 0.5) is 0 Å². The lowest BCUT2D eigenvalue weighted by Gasteiger charge is -1.69. The molecule has 0 amide bonds. The molecular weight excluding hydrogens is 163 g/mol. The van der Waals surface area contributed by atoms with Gasteiger partial charge in [-0.15, -0.1) is 24.8 Å². The van der Waals surface area contributed by atoms with E-state index in [2.05, 4.69) is 0 Å². The molecule has 1 N–H and O–H groups in total. The summed E-state index contributed by atoms with van der Waals surface area (Å²) in [6.07, 6.45) is 0.715. The van der Waals surface area contributed by atoms with Crippen molar-refractivity contribution in [3.8, 4) is 0 Å². The normalized spacial score (nSPS) is 8.29. The Morgan fingerprint density at radius 2 is 1.29 bits per heavy atom. The third-order valence-electron chi connectivity index (χ3n) is 0. The summed E-state index contributed by atoms with van der Waals surface area (Å²) in [6.45, 7) is 0. The quantitative estimate of drug-likeness (QED) is 0.532. The van der Waals surface area contributed by atoms with E-state index in [4.69, 9.17) is 4.55 Å². The highest BCUT2D eigenvalue weighted by atomic mass is 35.5. The zero-order chi connectivity index (χ0) is 4.50. The zero-order valence-corrected chi connectivity index (χ0v) is 5.94. The molecule has 0 aromatic carbocycles. The second-order valence-corrected chi connectivity index (χ2v) is 2.20. The maximum absolute atomic E-state index is 9.19. The fraction of sp³-hybridized carbons (Fsp3) is 1.00. The van der Waals surface area contributed by atoms with Gasteiger partial charge in [-0.25, -0.2) is 0 Å². The summed E-state index contributed by atoms with van der Waals surface area (Å²) in [5.41, 5.74) is 0. The van der Waals surface area contributed by atoms with Crippen molar-refractivity contribution >= 4 is 34.9 Å². The molecule has 0 aromatic heterocycles. The molecule has 48 valence electrons. The van der Waals surface area contributed by atoms with Gasteiger partial charge in [0.15, 0.2) is 0 Å². The number of hydrogen-bond donors (Lipinski definition) is 1. The van der Waals surface area contributed by atoms with Gasteiger partial charge in [0.1, 0.15) is 0 Å². The van der Waals surface area contributed by atoms with E-state index in [9.17, 15) is 8.42 Å². The van der Waals surface area contributed by atoms with Crippen LogP contribution < -0.4 is 0 Å². The van der Waals surface area contributed by atoms with Crippen LogP contribution in [0.3, 0.4) is 0 Å². The standard InChI is InChI=1S/CH4O3S.2ClH/c1-5(2,3)4;;/h1H3,(H,2,3,4);2*1H. The predicted octanol–water partition coefficient (Wildman–Crippen LogP) is 0.348. The number of halogens is 2. The van der Waals surface area contributed by atoms with Crippen molar-refractivity contribution < 1.29 is 13.0 Å². The smallest absolute Gasteiger partial charge is 0.261 e. The van der Waals surface area contributed by atoms with Crippen LogP contribution in [0.5, 0.6) is 0 Å². The molecule has 0 radical (unpaired) electrons. The SMILES string of the molecule is CS(=O)(=O)O.Cl.Cl. The van der Waals surface area contributed by atoms with Crippen molar-refractivity contribution in [1.29, 1.82) is 0 Å². The zero-order valence-electron chi connectivity index (χ0n) is 3.49. The van der Waals surface area contributed by atoms with Gasteiger partial charge in [-0.2, -0.15) is 8.42 Å². The largest absolute Gasteiger partial charge is 0.286 e. The van der Waals surface area contributed by atoms with E-state index in [0.717, 1.165) is 0 Å². The first-order valence-corrected chi connectivity index (χ1v) is 2.77. The van der Waals surface area contributed by atoms with Gasteiger partial charge in [-0.1, -0.05) is 0 Å². The van der Waals surface area contributed by atoms with E-state index >= 15 is 0 Å². The molecule has 0 atom stereocenters. The Labute approximate surface area is 54.7 Å². The minimum atomic E-state index is -3.67. The molecule has 0 aliphatic rings. The van der Waals surface area contributed by atoms with Crippen LogP contribution in [0.2, 0.25) is 0 Å². The van der Waals surface area contributed by atoms with Crippen LogP contribution in [0.25, 0.3) is 0 Å². The van der Waals surface area contributed by atoms with Gasteiger partial charge in [0, 0.05) is 0 Å². The van der Waals surface area contributed by atoms with Gasteiger partial charge in [0.2, 0.25) is 0 Å². The number of hydrogen-bond acceptors (Lipinski definition) is 2. The summed E-state index contributed by atoms with van der Waals surface area (Å²) in [6, 6.07) is 0. The Balaban J connectivity index is -0.0000000800. The van der Waals surface area contributed by atoms with Crippen LogP contribution in [0, 0.1) is 0 Å². The summed E-state index contributed by atoms with van der Waals surface area (Å²) in [5.74, 6) is 0. The molecule has 0 unspecified atom stereocenters. The molecule has 0 saturated carbocycles. The molecule has 6 heteroatoms. The van der Waals surface area contributed by atoms with Crippen molar-refractivity contribution in [3.05, 3.63) is 0 Å². The van der Waals surface area contributed by atoms with E-state index in [0.29, 0.717) is 6.26 Å². The van der Waals surface area contributed by atoms with Crippen LogP contribution in [-0.2, 0) is 10.1 Å². The van der Waals surface area contributed by atoms with Gasteiger partial charge >= 0.3 is 0 Å². The maximum Gasteiger partial charge on any atom is 0.261 e. The van der Waals surface area contributed by atoms with Gasteiger partial charge < -0.3 is 0 Å². The first-order valence-electron chi connectivity index (χ1n) is 0.924. The molecule has 0 saturated heterocycles. The van der Waals surface area contributed by atoms with Crippen LogP contribution >= 0.6 is 24.8 Å². The maximum atomic E-state index is 9.19. The van der Waals surface area contributed by atoms with Crippen molar-refractivity contribution in [3.63, 3.8) is 0 Å². The predicted molar refractivity (Wildman–Crippen MR) is 32.0 cm³/mol. The Morgan fingerprint density at radius 3 is 1.29 bits per heavy atom. The fourth-order valence-corrected chi connectivity index (χ4v) is 0. The lowest BCUT2D eigenvalue weighted by atomic mass is 12.0. The summed E-state index contributed by atoms with van der Waals surface area (Å²) in [4.78, 5) is 0. The summed E-state index contributed by atoms with van der Waals surface area (Å²) in [5, 5.41) is 0. The van der Waals surface area contributed by atoms with Crippen LogP contribution in [-0.4, -0.2) is 19.2 Å². The molecule has 3 nitrogen and oxygen atoms in total. The first kappa shape index (κ1) is 15.6. The van der Waals surface area contributed by atoms with Gasteiger partial charge in [-0.05, 0) is 0 Å². The molecule has 0 bridgehead atoms. The highest BCUT2D eigenvalue weighted by Crippen LogP contribution is 1.60. The summed E-state index contributed by atoms with van der Waals surface area (Å²) < 4.78 is 25.9. The Kier molecular flexibility index (Phi) is 10.4. The summed E-state index contributed by atoms with van der Waals surface area (Å²) >= 11 is 0. The Bertz CT molecular complexity index is 96.1. The molecule has 0 rings (SSSR count). The lowest BCUT2D eigenvalue weighted by molar-refractivity contribution is 0.490. The lowest BCUT2D eigenvalue weighted by Crippen LogP contribution is -1.88. The second-order valence-electron chi connectivity index (χ2n) is 0.733. The third-order valence-corrected chi connectivity index (χ3v) is 0. The van der Waals surface area contributed by atoms with E-state index in [-0.39, 0.29) is 24.8 Å². The van der Waals surface area contributed by atoms with E-state index < -0.39 is 10.1 Å². The molecule has 0 aromatic rings. The second kappa shape index (κ2) is 4.64. The Morgan fingerprint density at radius 1 is 1.29 bits per heavy atom. The summed E-state index contributed by atoms with van der Waals surface area (Å²) in [7, 11) is -3.67. The van der Waals surface area contributed by atoms with Crippen LogP contribution in [0.15, 0.2) is 0 Å². The van der Waals surface area contributed by atoms with Gasteiger partial charge in [-0.3, -0.25) is 4.55 Å². The van der Waals surface area contributed by atoms with E-state index in [1.54, 1.807) is 0 Å². The monoisotopic (exact) mass is 168 g/mol. The Hall–Kier alpha value is 0.490. The van der Waals surface area contributed by atoms with Gasteiger partial charge in [0.05, 0.1) is 6.26 Å². The first-order chi connectivity index (χ1) is 2.00. The molecular formula is CH6Cl2O3S. The molecule has 0 heterocycles. The van der Waals surface area contributed by atoms with Crippen molar-refractivity contribution in [1.82, 2.24) is 0 Å². The van der Waals surface area contributed by atoms with E-state index in [1.165, 1.54) is 0 Å².